The number of aromatic nitrogens is 2. The van der Waals surface area contributed by atoms with Crippen molar-refractivity contribution in [1.29, 1.82) is 0 Å². The van der Waals surface area contributed by atoms with E-state index in [9.17, 15) is 18.0 Å². The van der Waals surface area contributed by atoms with E-state index in [-0.39, 0.29) is 12.2 Å². The minimum absolute atomic E-state index is 0.184. The lowest BCUT2D eigenvalue weighted by atomic mass is 10.0. The molecule has 1 fully saturated rings. The molecule has 1 N–H and O–H groups in total. The Morgan fingerprint density at radius 2 is 2.10 bits per heavy atom. The number of piperidine rings is 1. The van der Waals surface area contributed by atoms with Gasteiger partial charge in [0.05, 0.1) is 0 Å². The van der Waals surface area contributed by atoms with Crippen LogP contribution in [0.5, 0.6) is 0 Å². The van der Waals surface area contributed by atoms with Crippen molar-refractivity contribution in [2.75, 3.05) is 19.6 Å². The van der Waals surface area contributed by atoms with Gasteiger partial charge in [-0.15, -0.1) is 0 Å². The lowest BCUT2D eigenvalue weighted by Crippen LogP contribution is -2.44. The van der Waals surface area contributed by atoms with E-state index in [0.717, 1.165) is 31.0 Å². The van der Waals surface area contributed by atoms with Gasteiger partial charge in [-0.1, -0.05) is 36.2 Å². The van der Waals surface area contributed by atoms with E-state index in [1.54, 1.807) is 18.2 Å². The highest BCUT2D eigenvalue weighted by Crippen LogP contribution is 2.28. The van der Waals surface area contributed by atoms with Gasteiger partial charge in [-0.3, -0.25) is 14.8 Å². The Bertz CT molecular complexity index is 839. The molecule has 1 aliphatic rings. The van der Waals surface area contributed by atoms with Gasteiger partial charge >= 0.3 is 6.18 Å². The summed E-state index contributed by atoms with van der Waals surface area (Å²) < 4.78 is 38.6. The molecule has 5 nitrogen and oxygen atoms in total. The van der Waals surface area contributed by atoms with Crippen LogP contribution >= 0.6 is 11.6 Å². The molecule has 1 aliphatic heterocycles. The molecular formula is C20H24ClF3N4O. The molecule has 0 bridgehead atoms. The SMILES string of the molecule is CC1CCCCN1CCN(Cc1ccccc1Cl)C(=O)c1cc(C(F)(F)F)n[nH]1. The molecule has 2 heterocycles. The van der Waals surface area contributed by atoms with E-state index in [1.807, 2.05) is 6.07 Å². The maximum absolute atomic E-state index is 13.0. The summed E-state index contributed by atoms with van der Waals surface area (Å²) >= 11 is 6.24. The molecule has 3 rings (SSSR count). The zero-order valence-corrected chi connectivity index (χ0v) is 16.9. The van der Waals surface area contributed by atoms with Gasteiger partial charge in [0.15, 0.2) is 5.69 Å². The Morgan fingerprint density at radius 1 is 1.34 bits per heavy atom. The second-order valence-electron chi connectivity index (χ2n) is 7.36. The molecule has 1 amide bonds. The number of halogens is 4. The lowest BCUT2D eigenvalue weighted by Gasteiger charge is -2.35. The number of benzene rings is 1. The van der Waals surface area contributed by atoms with Gasteiger partial charge in [0.2, 0.25) is 0 Å². The average Bonchev–Trinajstić information content (AvgIpc) is 3.18. The third-order valence-corrected chi connectivity index (χ3v) is 5.67. The van der Waals surface area contributed by atoms with Gasteiger partial charge in [-0.05, 0) is 37.9 Å². The average molecular weight is 429 g/mol. The van der Waals surface area contributed by atoms with Gasteiger partial charge in [0.1, 0.15) is 5.69 Å². The second-order valence-corrected chi connectivity index (χ2v) is 7.77. The van der Waals surface area contributed by atoms with Gasteiger partial charge in [0.25, 0.3) is 5.91 Å². The van der Waals surface area contributed by atoms with Crippen molar-refractivity contribution in [1.82, 2.24) is 20.0 Å². The van der Waals surface area contributed by atoms with Gasteiger partial charge < -0.3 is 4.90 Å². The first-order chi connectivity index (χ1) is 13.8. The normalized spacial score (nSPS) is 18.0. The van der Waals surface area contributed by atoms with Crippen molar-refractivity contribution >= 4 is 17.5 Å². The number of hydrogen-bond acceptors (Lipinski definition) is 3. The zero-order valence-electron chi connectivity index (χ0n) is 16.2. The Morgan fingerprint density at radius 3 is 2.76 bits per heavy atom. The van der Waals surface area contributed by atoms with Crippen LogP contribution in [0.25, 0.3) is 0 Å². The fourth-order valence-electron chi connectivity index (χ4n) is 3.57. The van der Waals surface area contributed by atoms with E-state index >= 15 is 0 Å². The number of nitrogens with one attached hydrogen (secondary N) is 1. The topological polar surface area (TPSA) is 52.2 Å². The standard InChI is InChI=1S/C20H24ClF3N4O/c1-14-6-4-5-9-27(14)10-11-28(13-15-7-2-3-8-16(15)21)19(29)17-12-18(26-25-17)20(22,23)24/h2-3,7-8,12,14H,4-6,9-11,13H2,1H3,(H,25,26). The van der Waals surface area contributed by atoms with Crippen LogP contribution in [0.3, 0.4) is 0 Å². The minimum atomic E-state index is -4.61. The summed E-state index contributed by atoms with van der Waals surface area (Å²) in [5, 5.41) is 5.99. The largest absolute Gasteiger partial charge is 0.435 e. The number of amides is 1. The predicted octanol–water partition coefficient (Wildman–Crippen LogP) is 4.60. The molecule has 1 unspecified atom stereocenters. The highest BCUT2D eigenvalue weighted by atomic mass is 35.5. The van der Waals surface area contributed by atoms with Crippen LogP contribution in [-0.4, -0.2) is 51.6 Å². The second kappa shape index (κ2) is 9.17. The number of alkyl halides is 3. The molecule has 158 valence electrons. The van der Waals surface area contributed by atoms with E-state index in [0.29, 0.717) is 24.2 Å². The van der Waals surface area contributed by atoms with Crippen molar-refractivity contribution < 1.29 is 18.0 Å². The summed E-state index contributed by atoms with van der Waals surface area (Å²) in [4.78, 5) is 16.8. The number of rotatable bonds is 6. The summed E-state index contributed by atoms with van der Waals surface area (Å²) in [7, 11) is 0. The van der Waals surface area contributed by atoms with Gasteiger partial charge in [-0.25, -0.2) is 0 Å². The molecular weight excluding hydrogens is 405 g/mol. The van der Waals surface area contributed by atoms with Crippen molar-refractivity contribution in [2.45, 2.75) is 44.9 Å². The Hall–Kier alpha value is -2.06. The first-order valence-electron chi connectivity index (χ1n) is 9.65. The zero-order chi connectivity index (χ0) is 21.0. The van der Waals surface area contributed by atoms with E-state index in [4.69, 9.17) is 11.6 Å². The van der Waals surface area contributed by atoms with Crippen LogP contribution in [0.15, 0.2) is 30.3 Å². The van der Waals surface area contributed by atoms with Gasteiger partial charge in [-0.2, -0.15) is 18.3 Å². The van der Waals surface area contributed by atoms with Crippen LogP contribution in [-0.2, 0) is 12.7 Å². The third kappa shape index (κ3) is 5.51. The van der Waals surface area contributed by atoms with Crippen molar-refractivity contribution in [3.8, 4) is 0 Å². The molecule has 1 atom stereocenters. The number of H-pyrrole nitrogens is 1. The number of carbonyl (C=O) groups excluding carboxylic acids is 1. The third-order valence-electron chi connectivity index (χ3n) is 5.30. The van der Waals surface area contributed by atoms with Crippen LogP contribution < -0.4 is 0 Å². The Kier molecular flexibility index (Phi) is 6.85. The molecule has 2 aromatic rings. The van der Waals surface area contributed by atoms with Crippen molar-refractivity contribution in [3.63, 3.8) is 0 Å². The van der Waals surface area contributed by atoms with Gasteiger partial charge in [0, 0.05) is 36.8 Å². The van der Waals surface area contributed by atoms with E-state index in [1.165, 1.54) is 11.3 Å². The molecule has 0 spiro atoms. The van der Waals surface area contributed by atoms with Crippen molar-refractivity contribution in [2.24, 2.45) is 0 Å². The number of hydrogen-bond donors (Lipinski definition) is 1. The summed E-state index contributed by atoms with van der Waals surface area (Å²) in [6.07, 6.45) is -1.20. The Balaban J connectivity index is 1.78. The van der Waals surface area contributed by atoms with E-state index in [2.05, 4.69) is 22.0 Å². The van der Waals surface area contributed by atoms with Crippen LogP contribution in [0.1, 0.15) is 47.9 Å². The quantitative estimate of drug-likeness (QED) is 0.731. The summed E-state index contributed by atoms with van der Waals surface area (Å²) in [6.45, 7) is 4.36. The molecule has 29 heavy (non-hydrogen) atoms. The number of likely N-dealkylation sites (tertiary alicyclic amines) is 1. The molecule has 1 saturated heterocycles. The number of nitrogens with zero attached hydrogens (tertiary/aromatic N) is 3. The first kappa shape index (κ1) is 21.6. The summed E-state index contributed by atoms with van der Waals surface area (Å²) in [5.74, 6) is -0.530. The number of aromatic amines is 1. The van der Waals surface area contributed by atoms with Crippen LogP contribution in [0, 0.1) is 0 Å². The lowest BCUT2D eigenvalue weighted by molar-refractivity contribution is -0.141. The van der Waals surface area contributed by atoms with Crippen LogP contribution in [0.2, 0.25) is 5.02 Å². The smallest absolute Gasteiger partial charge is 0.332 e. The molecule has 0 saturated carbocycles. The minimum Gasteiger partial charge on any atom is -0.332 e. The molecule has 0 radical (unpaired) electrons. The fraction of sp³-hybridized carbons (Fsp3) is 0.500. The molecule has 1 aromatic heterocycles. The summed E-state index contributed by atoms with van der Waals surface area (Å²) in [5.41, 5.74) is -0.552. The highest BCUT2D eigenvalue weighted by Gasteiger charge is 2.35. The highest BCUT2D eigenvalue weighted by molar-refractivity contribution is 6.31. The molecule has 9 heteroatoms. The van der Waals surface area contributed by atoms with E-state index < -0.39 is 17.8 Å². The maximum Gasteiger partial charge on any atom is 0.435 e. The van der Waals surface area contributed by atoms with Crippen molar-refractivity contribution in [3.05, 3.63) is 52.3 Å². The monoisotopic (exact) mass is 428 g/mol. The molecule has 0 aliphatic carbocycles. The predicted molar refractivity (Wildman–Crippen MR) is 105 cm³/mol. The van der Waals surface area contributed by atoms with Crippen LogP contribution in [0.4, 0.5) is 13.2 Å². The first-order valence-corrected chi connectivity index (χ1v) is 10.0. The number of carbonyl (C=O) groups is 1. The maximum atomic E-state index is 13.0. The molecule has 1 aromatic carbocycles. The summed E-state index contributed by atoms with van der Waals surface area (Å²) in [6, 6.07) is 8.31. The Labute approximate surface area is 172 Å². The fourth-order valence-corrected chi connectivity index (χ4v) is 3.77.